The van der Waals surface area contributed by atoms with E-state index in [4.69, 9.17) is 5.73 Å². The van der Waals surface area contributed by atoms with Crippen LogP contribution >= 0.6 is 0 Å². The molecule has 25 heavy (non-hydrogen) atoms. The van der Waals surface area contributed by atoms with Gasteiger partial charge in [0.15, 0.2) is 0 Å². The van der Waals surface area contributed by atoms with Crippen LogP contribution in [-0.2, 0) is 9.59 Å². The van der Waals surface area contributed by atoms with Gasteiger partial charge in [-0.1, -0.05) is 63.6 Å². The molecule has 1 aromatic heterocycles. The fourth-order valence-corrected chi connectivity index (χ4v) is 2.33. The number of pyridine rings is 1. The summed E-state index contributed by atoms with van der Waals surface area (Å²) in [6, 6.07) is 13.6. The van der Waals surface area contributed by atoms with Crippen LogP contribution in [0.2, 0.25) is 0 Å². The van der Waals surface area contributed by atoms with Gasteiger partial charge in [-0.3, -0.25) is 14.6 Å². The third-order valence-corrected chi connectivity index (χ3v) is 3.55. The largest absolute Gasteiger partial charge is 0.337 e. The maximum Gasteiger partial charge on any atom is 0.289 e. The lowest BCUT2D eigenvalue weighted by Crippen LogP contribution is -2.44. The zero-order valence-electron chi connectivity index (χ0n) is 15.1. The molecule has 1 heterocycles. The molecule has 0 radical (unpaired) electrons. The van der Waals surface area contributed by atoms with Crippen LogP contribution in [0.15, 0.2) is 54.7 Å². The summed E-state index contributed by atoms with van der Waals surface area (Å²) in [7, 11) is 0. The third-order valence-electron chi connectivity index (χ3n) is 3.55. The Balaban J connectivity index is 0.00000151. The second-order valence-electron chi connectivity index (χ2n) is 5.33. The minimum Gasteiger partial charge on any atom is -0.337 e. The molecule has 5 nitrogen and oxygen atoms in total. The van der Waals surface area contributed by atoms with Crippen LogP contribution in [-0.4, -0.2) is 22.7 Å². The number of carbonyl (C=O) groups is 2. The topological polar surface area (TPSA) is 85.1 Å². The standard InChI is InChI=1S/C18H21N3O2.C2H6/c1-2-8-14(19)17(22)18(23)21-16(13-9-4-3-5-10-13)15-11-6-7-12-20-15;1-2/h3-7,9-12,14,16H,2,8,19H2,1H3,(H,21,23);1-2H3. The first-order valence-corrected chi connectivity index (χ1v) is 8.69. The SMILES string of the molecule is CC.CCCC(N)C(=O)C(=O)NC(c1ccccc1)c1ccccn1. The normalized spacial score (nSPS) is 12.3. The maximum atomic E-state index is 12.2. The maximum absolute atomic E-state index is 12.2. The summed E-state index contributed by atoms with van der Waals surface area (Å²) >= 11 is 0. The molecule has 2 atom stereocenters. The van der Waals surface area contributed by atoms with Crippen LogP contribution < -0.4 is 11.1 Å². The minimum absolute atomic E-state index is 0.484. The average Bonchev–Trinajstić information content (AvgIpc) is 2.68. The van der Waals surface area contributed by atoms with Crippen molar-refractivity contribution in [1.82, 2.24) is 10.3 Å². The Morgan fingerprint density at radius 3 is 2.28 bits per heavy atom. The molecule has 0 saturated carbocycles. The zero-order chi connectivity index (χ0) is 18.7. The van der Waals surface area contributed by atoms with Gasteiger partial charge in [0.05, 0.1) is 17.8 Å². The lowest BCUT2D eigenvalue weighted by Gasteiger charge is -2.19. The highest BCUT2D eigenvalue weighted by Crippen LogP contribution is 2.19. The number of carbonyl (C=O) groups excluding carboxylic acids is 2. The predicted molar refractivity (Wildman–Crippen MR) is 99.9 cm³/mol. The fraction of sp³-hybridized carbons (Fsp3) is 0.350. The van der Waals surface area contributed by atoms with E-state index in [1.807, 2.05) is 63.2 Å². The lowest BCUT2D eigenvalue weighted by molar-refractivity contribution is -0.139. The number of nitrogens with two attached hydrogens (primary N) is 1. The van der Waals surface area contributed by atoms with Gasteiger partial charge >= 0.3 is 0 Å². The number of ketones is 1. The van der Waals surface area contributed by atoms with Crippen molar-refractivity contribution in [3.8, 4) is 0 Å². The molecule has 0 aliphatic heterocycles. The Kier molecular flexibility index (Phi) is 9.11. The Morgan fingerprint density at radius 1 is 1.08 bits per heavy atom. The molecule has 1 aromatic carbocycles. The summed E-state index contributed by atoms with van der Waals surface area (Å²) in [6.07, 6.45) is 2.90. The van der Waals surface area contributed by atoms with Crippen molar-refractivity contribution in [2.75, 3.05) is 0 Å². The Hall–Kier alpha value is -2.53. The van der Waals surface area contributed by atoms with Crippen LogP contribution in [0, 0.1) is 0 Å². The number of hydrogen-bond acceptors (Lipinski definition) is 4. The van der Waals surface area contributed by atoms with E-state index < -0.39 is 23.8 Å². The molecule has 1 amide bonds. The van der Waals surface area contributed by atoms with Crippen molar-refractivity contribution < 1.29 is 9.59 Å². The highest BCUT2D eigenvalue weighted by atomic mass is 16.2. The summed E-state index contributed by atoms with van der Waals surface area (Å²) in [4.78, 5) is 28.6. The Morgan fingerprint density at radius 2 is 1.72 bits per heavy atom. The van der Waals surface area contributed by atoms with E-state index in [9.17, 15) is 9.59 Å². The molecule has 0 saturated heterocycles. The third kappa shape index (κ3) is 6.12. The van der Waals surface area contributed by atoms with Gasteiger partial charge in [0.25, 0.3) is 5.91 Å². The molecular formula is C20H27N3O2. The molecule has 134 valence electrons. The van der Waals surface area contributed by atoms with Crippen LogP contribution in [0.5, 0.6) is 0 Å². The summed E-state index contributed by atoms with van der Waals surface area (Å²) in [5.74, 6) is -1.27. The predicted octanol–water partition coefficient (Wildman–Crippen LogP) is 3.01. The molecular weight excluding hydrogens is 314 g/mol. The van der Waals surface area contributed by atoms with E-state index in [2.05, 4.69) is 10.3 Å². The number of rotatable bonds is 7. The average molecular weight is 341 g/mol. The zero-order valence-corrected chi connectivity index (χ0v) is 15.1. The lowest BCUT2D eigenvalue weighted by atomic mass is 10.0. The summed E-state index contributed by atoms with van der Waals surface area (Å²) in [5.41, 5.74) is 7.28. The molecule has 0 spiro atoms. The summed E-state index contributed by atoms with van der Waals surface area (Å²) < 4.78 is 0. The smallest absolute Gasteiger partial charge is 0.289 e. The molecule has 2 unspecified atom stereocenters. The van der Waals surface area contributed by atoms with Crippen LogP contribution in [0.1, 0.15) is 50.9 Å². The molecule has 5 heteroatoms. The number of hydrogen-bond donors (Lipinski definition) is 2. The van der Waals surface area contributed by atoms with Crippen LogP contribution in [0.3, 0.4) is 0 Å². The van der Waals surface area contributed by atoms with Crippen molar-refractivity contribution in [3.05, 3.63) is 66.0 Å². The van der Waals surface area contributed by atoms with Gasteiger partial charge in [-0.25, -0.2) is 0 Å². The van der Waals surface area contributed by atoms with Crippen molar-refractivity contribution >= 4 is 11.7 Å². The van der Waals surface area contributed by atoms with E-state index in [-0.39, 0.29) is 0 Å². The number of nitrogens with one attached hydrogen (secondary N) is 1. The number of aromatic nitrogens is 1. The van der Waals surface area contributed by atoms with Gasteiger partial charge in [-0.05, 0) is 24.1 Å². The highest BCUT2D eigenvalue weighted by Gasteiger charge is 2.25. The molecule has 0 bridgehead atoms. The van der Waals surface area contributed by atoms with Crippen molar-refractivity contribution in [1.29, 1.82) is 0 Å². The molecule has 3 N–H and O–H groups in total. The fourth-order valence-electron chi connectivity index (χ4n) is 2.33. The van der Waals surface area contributed by atoms with Crippen molar-refractivity contribution in [2.24, 2.45) is 5.73 Å². The first-order valence-electron chi connectivity index (χ1n) is 8.69. The second kappa shape index (κ2) is 11.1. The molecule has 0 fully saturated rings. The molecule has 2 rings (SSSR count). The summed E-state index contributed by atoms with van der Waals surface area (Å²) in [5, 5.41) is 2.76. The van der Waals surface area contributed by atoms with Gasteiger partial charge in [0.1, 0.15) is 0 Å². The van der Waals surface area contributed by atoms with Gasteiger partial charge < -0.3 is 11.1 Å². The molecule has 2 aromatic rings. The van der Waals surface area contributed by atoms with E-state index in [1.54, 1.807) is 12.3 Å². The van der Waals surface area contributed by atoms with Crippen molar-refractivity contribution in [3.63, 3.8) is 0 Å². The first-order chi connectivity index (χ1) is 12.1. The Bertz CT molecular complexity index is 605. The van der Waals surface area contributed by atoms with Crippen LogP contribution in [0.25, 0.3) is 0 Å². The number of Topliss-reactive ketones (excluding diaryl/α,β-unsaturated/α-hetero) is 1. The molecule has 0 aliphatic carbocycles. The minimum atomic E-state index is -0.764. The number of benzene rings is 1. The summed E-state index contributed by atoms with van der Waals surface area (Å²) in [6.45, 7) is 5.92. The number of nitrogens with zero attached hydrogens (tertiary/aromatic N) is 1. The number of amides is 1. The van der Waals surface area contributed by atoms with E-state index in [0.717, 1.165) is 12.0 Å². The first kappa shape index (κ1) is 20.5. The van der Waals surface area contributed by atoms with Gasteiger partial charge in [0.2, 0.25) is 5.78 Å². The van der Waals surface area contributed by atoms with E-state index >= 15 is 0 Å². The van der Waals surface area contributed by atoms with Gasteiger partial charge in [-0.2, -0.15) is 0 Å². The van der Waals surface area contributed by atoms with E-state index in [0.29, 0.717) is 12.1 Å². The highest BCUT2D eigenvalue weighted by molar-refractivity contribution is 6.38. The van der Waals surface area contributed by atoms with Crippen LogP contribution in [0.4, 0.5) is 0 Å². The van der Waals surface area contributed by atoms with E-state index in [1.165, 1.54) is 0 Å². The Labute approximate surface area is 149 Å². The second-order valence-corrected chi connectivity index (χ2v) is 5.33. The molecule has 0 aliphatic rings. The van der Waals surface area contributed by atoms with Gasteiger partial charge in [-0.15, -0.1) is 0 Å². The van der Waals surface area contributed by atoms with Gasteiger partial charge in [0, 0.05) is 6.20 Å². The van der Waals surface area contributed by atoms with Crippen molar-refractivity contribution in [2.45, 2.75) is 45.7 Å². The monoisotopic (exact) mass is 341 g/mol. The quantitative estimate of drug-likeness (QED) is 0.758.